The average molecular weight is 462 g/mol. The van der Waals surface area contributed by atoms with Crippen LogP contribution in [-0.4, -0.2) is 50.3 Å². The van der Waals surface area contributed by atoms with Gasteiger partial charge in [-0.05, 0) is 43.7 Å². The normalized spacial score (nSPS) is 18.7. The summed E-state index contributed by atoms with van der Waals surface area (Å²) in [6.07, 6.45) is 2.68. The third kappa shape index (κ3) is 4.70. The molecule has 6 nitrogen and oxygen atoms in total. The van der Waals surface area contributed by atoms with Crippen LogP contribution >= 0.6 is 23.2 Å². The van der Waals surface area contributed by atoms with Crippen molar-refractivity contribution in [3.8, 4) is 5.75 Å². The maximum Gasteiger partial charge on any atom is 0.253 e. The van der Waals surface area contributed by atoms with Gasteiger partial charge in [0.15, 0.2) is 6.23 Å². The standard InChI is InChI=1S/C23H25Cl2N3O3/c1-15-26-14-22(31-15)18-6-5-17(13-21(18)30-2)27-8-3-9-28(11-10-27)23(29)16-4-7-19(24)20(25)12-16/h4-7,12-15,26H,3,8-11H2,1-2H3. The smallest absolute Gasteiger partial charge is 0.253 e. The van der Waals surface area contributed by atoms with E-state index in [9.17, 15) is 4.79 Å². The fraction of sp³-hybridized carbons (Fsp3) is 0.348. The highest BCUT2D eigenvalue weighted by Crippen LogP contribution is 2.33. The Bertz CT molecular complexity index is 1010. The minimum atomic E-state index is -0.0518. The van der Waals surface area contributed by atoms with Gasteiger partial charge in [-0.15, -0.1) is 0 Å². The second kappa shape index (κ2) is 9.28. The van der Waals surface area contributed by atoms with E-state index in [4.69, 9.17) is 32.7 Å². The van der Waals surface area contributed by atoms with E-state index >= 15 is 0 Å². The Balaban J connectivity index is 1.47. The average Bonchev–Trinajstić information content (AvgIpc) is 3.06. The van der Waals surface area contributed by atoms with E-state index < -0.39 is 0 Å². The monoisotopic (exact) mass is 461 g/mol. The highest BCUT2D eigenvalue weighted by Gasteiger charge is 2.23. The summed E-state index contributed by atoms with van der Waals surface area (Å²) in [4.78, 5) is 17.1. The molecule has 1 fully saturated rings. The van der Waals surface area contributed by atoms with Crippen LogP contribution in [0.4, 0.5) is 5.69 Å². The number of hydrogen-bond acceptors (Lipinski definition) is 5. The molecule has 1 amide bonds. The van der Waals surface area contributed by atoms with E-state index in [-0.39, 0.29) is 12.1 Å². The van der Waals surface area contributed by atoms with Gasteiger partial charge in [0.2, 0.25) is 0 Å². The number of benzene rings is 2. The molecular weight excluding hydrogens is 437 g/mol. The summed E-state index contributed by atoms with van der Waals surface area (Å²) in [6, 6.07) is 11.1. The highest BCUT2D eigenvalue weighted by molar-refractivity contribution is 6.42. The molecular formula is C23H25Cl2N3O3. The lowest BCUT2D eigenvalue weighted by Gasteiger charge is -2.25. The Morgan fingerprint density at radius 1 is 1.10 bits per heavy atom. The van der Waals surface area contributed by atoms with Gasteiger partial charge in [-0.1, -0.05) is 23.2 Å². The number of carbonyl (C=O) groups excluding carboxylic acids is 1. The molecule has 2 aliphatic rings. The number of methoxy groups -OCH3 is 1. The zero-order valence-electron chi connectivity index (χ0n) is 17.5. The number of hydrogen-bond donors (Lipinski definition) is 1. The molecule has 2 aromatic carbocycles. The van der Waals surface area contributed by atoms with Gasteiger partial charge >= 0.3 is 0 Å². The van der Waals surface area contributed by atoms with Crippen LogP contribution in [0.5, 0.6) is 5.75 Å². The Kier molecular flexibility index (Phi) is 6.49. The Labute approximate surface area is 192 Å². The number of ether oxygens (including phenoxy) is 2. The van der Waals surface area contributed by atoms with Crippen molar-refractivity contribution in [2.75, 3.05) is 38.2 Å². The van der Waals surface area contributed by atoms with Crippen LogP contribution in [0, 0.1) is 0 Å². The molecule has 2 heterocycles. The lowest BCUT2D eigenvalue weighted by molar-refractivity contribution is 0.0767. The Morgan fingerprint density at radius 2 is 1.94 bits per heavy atom. The van der Waals surface area contributed by atoms with Gasteiger partial charge in [0.1, 0.15) is 11.5 Å². The van der Waals surface area contributed by atoms with Gasteiger partial charge in [-0.3, -0.25) is 4.79 Å². The van der Waals surface area contributed by atoms with Crippen LogP contribution in [-0.2, 0) is 4.74 Å². The van der Waals surface area contributed by atoms with Gasteiger partial charge in [0, 0.05) is 49.7 Å². The summed E-state index contributed by atoms with van der Waals surface area (Å²) in [5.74, 6) is 1.50. The largest absolute Gasteiger partial charge is 0.496 e. The molecule has 1 N–H and O–H groups in total. The summed E-state index contributed by atoms with van der Waals surface area (Å²) >= 11 is 12.1. The lowest BCUT2D eigenvalue weighted by atomic mass is 10.1. The van der Waals surface area contributed by atoms with Gasteiger partial charge in [0.05, 0.1) is 22.7 Å². The molecule has 1 atom stereocenters. The summed E-state index contributed by atoms with van der Waals surface area (Å²) < 4.78 is 11.4. The molecule has 0 bridgehead atoms. The first kappa shape index (κ1) is 21.7. The van der Waals surface area contributed by atoms with Gasteiger partial charge < -0.3 is 24.6 Å². The maximum atomic E-state index is 12.9. The lowest BCUT2D eigenvalue weighted by Crippen LogP contribution is -2.35. The van der Waals surface area contributed by atoms with E-state index in [1.807, 2.05) is 30.2 Å². The molecule has 1 saturated heterocycles. The number of nitrogens with zero attached hydrogens (tertiary/aromatic N) is 2. The molecule has 0 aliphatic carbocycles. The molecule has 0 aromatic heterocycles. The zero-order valence-corrected chi connectivity index (χ0v) is 19.0. The molecule has 4 rings (SSSR count). The van der Waals surface area contributed by atoms with Crippen molar-refractivity contribution in [2.45, 2.75) is 19.6 Å². The summed E-state index contributed by atoms with van der Waals surface area (Å²) in [5, 5.41) is 3.97. The van der Waals surface area contributed by atoms with Crippen LogP contribution in [0.25, 0.3) is 5.76 Å². The summed E-state index contributed by atoms with van der Waals surface area (Å²) in [5.41, 5.74) is 2.53. The van der Waals surface area contributed by atoms with Crippen LogP contribution in [0.1, 0.15) is 29.3 Å². The van der Waals surface area contributed by atoms with E-state index in [0.717, 1.165) is 42.3 Å². The third-order valence-electron chi connectivity index (χ3n) is 5.52. The molecule has 0 spiro atoms. The molecule has 2 aromatic rings. The minimum Gasteiger partial charge on any atom is -0.496 e. The predicted octanol–water partition coefficient (Wildman–Crippen LogP) is 4.62. The minimum absolute atomic E-state index is 0.0275. The zero-order chi connectivity index (χ0) is 22.0. The topological polar surface area (TPSA) is 54.0 Å². The predicted molar refractivity (Wildman–Crippen MR) is 124 cm³/mol. The Morgan fingerprint density at radius 3 is 2.65 bits per heavy atom. The Hall–Kier alpha value is -2.57. The molecule has 31 heavy (non-hydrogen) atoms. The maximum absolute atomic E-state index is 12.9. The quantitative estimate of drug-likeness (QED) is 0.719. The number of anilines is 1. The van der Waals surface area contributed by atoms with E-state index in [1.165, 1.54) is 0 Å². The second-order valence-corrected chi connectivity index (χ2v) is 8.40. The molecule has 1 unspecified atom stereocenters. The van der Waals surface area contributed by atoms with Crippen LogP contribution < -0.4 is 15.0 Å². The number of rotatable bonds is 4. The van der Waals surface area contributed by atoms with Crippen LogP contribution in [0.15, 0.2) is 42.6 Å². The molecule has 164 valence electrons. The number of amides is 1. The molecule has 8 heteroatoms. The van der Waals surface area contributed by atoms with E-state index in [0.29, 0.717) is 28.7 Å². The SMILES string of the molecule is COc1cc(N2CCCN(C(=O)c3ccc(Cl)c(Cl)c3)CC2)ccc1C1=CNC(C)O1. The summed E-state index contributed by atoms with van der Waals surface area (Å²) in [7, 11) is 1.66. The third-order valence-corrected chi connectivity index (χ3v) is 6.26. The van der Waals surface area contributed by atoms with Crippen molar-refractivity contribution in [3.63, 3.8) is 0 Å². The van der Waals surface area contributed by atoms with Crippen molar-refractivity contribution in [3.05, 3.63) is 63.8 Å². The first-order valence-electron chi connectivity index (χ1n) is 10.3. The number of halogens is 2. The van der Waals surface area contributed by atoms with Crippen LogP contribution in [0.2, 0.25) is 10.0 Å². The van der Waals surface area contributed by atoms with E-state index in [2.05, 4.69) is 16.3 Å². The molecule has 2 aliphatic heterocycles. The van der Waals surface area contributed by atoms with Crippen molar-refractivity contribution in [2.24, 2.45) is 0 Å². The van der Waals surface area contributed by atoms with Gasteiger partial charge in [-0.25, -0.2) is 0 Å². The highest BCUT2D eigenvalue weighted by atomic mass is 35.5. The van der Waals surface area contributed by atoms with Gasteiger partial charge in [0.25, 0.3) is 5.91 Å². The van der Waals surface area contributed by atoms with Crippen molar-refractivity contribution in [1.82, 2.24) is 10.2 Å². The fourth-order valence-corrected chi connectivity index (χ4v) is 4.16. The first-order chi connectivity index (χ1) is 15.0. The van der Waals surface area contributed by atoms with E-state index in [1.54, 1.807) is 25.3 Å². The number of carbonyl (C=O) groups is 1. The van der Waals surface area contributed by atoms with Crippen LogP contribution in [0.3, 0.4) is 0 Å². The fourth-order valence-electron chi connectivity index (χ4n) is 3.86. The van der Waals surface area contributed by atoms with Crippen molar-refractivity contribution >= 4 is 40.6 Å². The number of nitrogens with one attached hydrogen (secondary N) is 1. The van der Waals surface area contributed by atoms with Crippen molar-refractivity contribution < 1.29 is 14.3 Å². The second-order valence-electron chi connectivity index (χ2n) is 7.58. The van der Waals surface area contributed by atoms with Gasteiger partial charge in [-0.2, -0.15) is 0 Å². The van der Waals surface area contributed by atoms with Crippen molar-refractivity contribution in [1.29, 1.82) is 0 Å². The molecule has 0 radical (unpaired) electrons. The first-order valence-corrected chi connectivity index (χ1v) is 11.0. The molecule has 0 saturated carbocycles. The summed E-state index contributed by atoms with van der Waals surface area (Å²) in [6.45, 7) is 4.85.